The highest BCUT2D eigenvalue weighted by Gasteiger charge is 2.28. The molecule has 2 heteroatoms. The quantitative estimate of drug-likeness (QED) is 0.866. The van der Waals surface area contributed by atoms with Crippen molar-refractivity contribution in [3.63, 3.8) is 0 Å². The van der Waals surface area contributed by atoms with Crippen LogP contribution in [0.4, 0.5) is 0 Å². The lowest BCUT2D eigenvalue weighted by molar-refractivity contribution is 0.282. The van der Waals surface area contributed by atoms with E-state index < -0.39 is 0 Å². The van der Waals surface area contributed by atoms with Crippen molar-refractivity contribution >= 4 is 0 Å². The van der Waals surface area contributed by atoms with Crippen molar-refractivity contribution in [1.29, 1.82) is 0 Å². The Kier molecular flexibility index (Phi) is 5.47. The number of rotatable bonds is 5. The second-order valence-electron chi connectivity index (χ2n) is 6.46. The van der Waals surface area contributed by atoms with Gasteiger partial charge in [0.2, 0.25) is 0 Å². The Balaban J connectivity index is 2.20. The zero-order valence-corrected chi connectivity index (χ0v) is 13.4. The average Bonchev–Trinajstić information content (AvgIpc) is 2.45. The van der Waals surface area contributed by atoms with E-state index in [4.69, 9.17) is 4.74 Å². The van der Waals surface area contributed by atoms with Crippen LogP contribution in [0, 0.1) is 12.8 Å². The van der Waals surface area contributed by atoms with Gasteiger partial charge < -0.3 is 10.1 Å². The SMILES string of the molecule is COc1ccc(C)cc1C1CCCCC1CNC(C)C. The zero-order chi connectivity index (χ0) is 14.5. The van der Waals surface area contributed by atoms with Gasteiger partial charge in [-0.05, 0) is 49.8 Å². The largest absolute Gasteiger partial charge is 0.496 e. The highest BCUT2D eigenvalue weighted by atomic mass is 16.5. The van der Waals surface area contributed by atoms with Gasteiger partial charge in [-0.15, -0.1) is 0 Å². The fourth-order valence-corrected chi connectivity index (χ4v) is 3.39. The van der Waals surface area contributed by atoms with Gasteiger partial charge in [0, 0.05) is 6.04 Å². The first-order valence-electron chi connectivity index (χ1n) is 7.99. The van der Waals surface area contributed by atoms with Crippen LogP contribution in [0.1, 0.15) is 56.6 Å². The summed E-state index contributed by atoms with van der Waals surface area (Å²) >= 11 is 0. The molecule has 0 amide bonds. The van der Waals surface area contributed by atoms with Crippen LogP contribution in [0.5, 0.6) is 5.75 Å². The molecule has 2 nitrogen and oxygen atoms in total. The van der Waals surface area contributed by atoms with Crippen LogP contribution in [0.15, 0.2) is 18.2 Å². The molecule has 0 heterocycles. The predicted molar refractivity (Wildman–Crippen MR) is 85.6 cm³/mol. The Labute approximate surface area is 123 Å². The number of benzene rings is 1. The molecular formula is C18H29NO. The van der Waals surface area contributed by atoms with Gasteiger partial charge in [0.05, 0.1) is 7.11 Å². The zero-order valence-electron chi connectivity index (χ0n) is 13.4. The van der Waals surface area contributed by atoms with Gasteiger partial charge in [-0.25, -0.2) is 0 Å². The van der Waals surface area contributed by atoms with Crippen molar-refractivity contribution in [2.75, 3.05) is 13.7 Å². The Morgan fingerprint density at radius 2 is 2.00 bits per heavy atom. The van der Waals surface area contributed by atoms with E-state index in [1.165, 1.54) is 36.8 Å². The topological polar surface area (TPSA) is 21.3 Å². The molecule has 1 aromatic carbocycles. The van der Waals surface area contributed by atoms with E-state index >= 15 is 0 Å². The molecule has 112 valence electrons. The Morgan fingerprint density at radius 3 is 2.70 bits per heavy atom. The molecule has 2 rings (SSSR count). The Hall–Kier alpha value is -1.02. The van der Waals surface area contributed by atoms with E-state index in [2.05, 4.69) is 44.3 Å². The molecule has 1 fully saturated rings. The summed E-state index contributed by atoms with van der Waals surface area (Å²) in [6.45, 7) is 7.75. The molecule has 2 unspecified atom stereocenters. The van der Waals surface area contributed by atoms with Gasteiger partial charge >= 0.3 is 0 Å². The fourth-order valence-electron chi connectivity index (χ4n) is 3.39. The number of methoxy groups -OCH3 is 1. The summed E-state index contributed by atoms with van der Waals surface area (Å²) in [5.74, 6) is 2.45. The third-order valence-corrected chi connectivity index (χ3v) is 4.48. The average molecular weight is 275 g/mol. The molecule has 0 bridgehead atoms. The summed E-state index contributed by atoms with van der Waals surface area (Å²) < 4.78 is 5.61. The number of aryl methyl sites for hydroxylation is 1. The molecule has 1 saturated carbocycles. The Morgan fingerprint density at radius 1 is 1.25 bits per heavy atom. The Bertz CT molecular complexity index is 427. The number of hydrogen-bond acceptors (Lipinski definition) is 2. The summed E-state index contributed by atoms with van der Waals surface area (Å²) in [4.78, 5) is 0. The van der Waals surface area contributed by atoms with E-state index in [1.54, 1.807) is 7.11 Å². The molecule has 0 aliphatic heterocycles. The fraction of sp³-hybridized carbons (Fsp3) is 0.667. The standard InChI is InChI=1S/C18H29NO/c1-13(2)19-12-15-7-5-6-8-16(15)17-11-14(3)9-10-18(17)20-4/h9-11,13,15-16,19H,5-8,12H2,1-4H3. The smallest absolute Gasteiger partial charge is 0.122 e. The molecule has 0 aromatic heterocycles. The van der Waals surface area contributed by atoms with E-state index in [-0.39, 0.29) is 0 Å². The highest BCUT2D eigenvalue weighted by molar-refractivity contribution is 5.40. The van der Waals surface area contributed by atoms with Crippen LogP contribution in [0.3, 0.4) is 0 Å². The third-order valence-electron chi connectivity index (χ3n) is 4.48. The first-order chi connectivity index (χ1) is 9.61. The minimum Gasteiger partial charge on any atom is -0.496 e. The lowest BCUT2D eigenvalue weighted by Crippen LogP contribution is -2.33. The van der Waals surface area contributed by atoms with Crippen LogP contribution >= 0.6 is 0 Å². The molecular weight excluding hydrogens is 246 g/mol. The van der Waals surface area contributed by atoms with E-state index in [9.17, 15) is 0 Å². The maximum absolute atomic E-state index is 5.61. The first kappa shape index (κ1) is 15.4. The van der Waals surface area contributed by atoms with E-state index in [0.717, 1.165) is 18.2 Å². The van der Waals surface area contributed by atoms with Crippen molar-refractivity contribution in [2.24, 2.45) is 5.92 Å². The maximum Gasteiger partial charge on any atom is 0.122 e. The van der Waals surface area contributed by atoms with E-state index in [0.29, 0.717) is 12.0 Å². The molecule has 1 aromatic rings. The molecule has 0 radical (unpaired) electrons. The lowest BCUT2D eigenvalue weighted by Gasteiger charge is -2.33. The van der Waals surface area contributed by atoms with Gasteiger partial charge in [0.15, 0.2) is 0 Å². The summed E-state index contributed by atoms with van der Waals surface area (Å²) in [5.41, 5.74) is 2.75. The van der Waals surface area contributed by atoms with Crippen LogP contribution < -0.4 is 10.1 Å². The van der Waals surface area contributed by atoms with Crippen LogP contribution in [0.25, 0.3) is 0 Å². The van der Waals surface area contributed by atoms with Crippen LogP contribution in [0.2, 0.25) is 0 Å². The van der Waals surface area contributed by atoms with E-state index in [1.807, 2.05) is 0 Å². The monoisotopic (exact) mass is 275 g/mol. The van der Waals surface area contributed by atoms with Crippen molar-refractivity contribution in [3.05, 3.63) is 29.3 Å². The number of hydrogen-bond donors (Lipinski definition) is 1. The summed E-state index contributed by atoms with van der Waals surface area (Å²) in [6, 6.07) is 7.17. The molecule has 20 heavy (non-hydrogen) atoms. The molecule has 1 N–H and O–H groups in total. The van der Waals surface area contributed by atoms with Gasteiger partial charge in [-0.2, -0.15) is 0 Å². The van der Waals surface area contributed by atoms with Crippen molar-refractivity contribution in [1.82, 2.24) is 5.32 Å². The second-order valence-corrected chi connectivity index (χ2v) is 6.46. The normalized spacial score (nSPS) is 23.1. The summed E-state index contributed by atoms with van der Waals surface area (Å²) in [5, 5.41) is 3.63. The molecule has 1 aliphatic rings. The molecule has 2 atom stereocenters. The van der Waals surface area contributed by atoms with Gasteiger partial charge in [0.1, 0.15) is 5.75 Å². The third kappa shape index (κ3) is 3.76. The van der Waals surface area contributed by atoms with Crippen molar-refractivity contribution < 1.29 is 4.74 Å². The molecule has 0 spiro atoms. The van der Waals surface area contributed by atoms with Gasteiger partial charge in [-0.3, -0.25) is 0 Å². The summed E-state index contributed by atoms with van der Waals surface area (Å²) in [6.07, 6.45) is 5.35. The predicted octanol–water partition coefficient (Wildman–Crippen LogP) is 4.28. The minimum atomic E-state index is 0.567. The first-order valence-corrected chi connectivity index (χ1v) is 7.99. The lowest BCUT2D eigenvalue weighted by atomic mass is 9.75. The second kappa shape index (κ2) is 7.12. The van der Waals surface area contributed by atoms with Gasteiger partial charge in [-0.1, -0.05) is 44.4 Å². The molecule has 0 saturated heterocycles. The highest BCUT2D eigenvalue weighted by Crippen LogP contribution is 2.41. The van der Waals surface area contributed by atoms with Gasteiger partial charge in [0.25, 0.3) is 0 Å². The van der Waals surface area contributed by atoms with Crippen LogP contribution in [-0.2, 0) is 0 Å². The van der Waals surface area contributed by atoms with Crippen molar-refractivity contribution in [2.45, 2.75) is 58.4 Å². The van der Waals surface area contributed by atoms with Crippen LogP contribution in [-0.4, -0.2) is 19.7 Å². The van der Waals surface area contributed by atoms with Crippen molar-refractivity contribution in [3.8, 4) is 5.75 Å². The molecule has 1 aliphatic carbocycles. The summed E-state index contributed by atoms with van der Waals surface area (Å²) in [7, 11) is 1.79. The minimum absolute atomic E-state index is 0.567. The number of ether oxygens (including phenoxy) is 1. The maximum atomic E-state index is 5.61. The number of nitrogens with one attached hydrogen (secondary N) is 1.